The summed E-state index contributed by atoms with van der Waals surface area (Å²) in [7, 11) is 0. The van der Waals surface area contributed by atoms with Gasteiger partial charge in [-0.3, -0.25) is 0 Å². The first kappa shape index (κ1) is 22.0. The van der Waals surface area contributed by atoms with Crippen LogP contribution in [0.4, 0.5) is 17.3 Å². The van der Waals surface area contributed by atoms with E-state index < -0.39 is 24.2 Å². The number of hydrogen-bond donors (Lipinski definition) is 4. The van der Waals surface area contributed by atoms with Crippen LogP contribution in [-0.2, 0) is 16.0 Å². The van der Waals surface area contributed by atoms with E-state index >= 15 is 0 Å². The van der Waals surface area contributed by atoms with Crippen LogP contribution in [0.25, 0.3) is 0 Å². The second-order valence-corrected chi connectivity index (χ2v) is 8.70. The largest absolute Gasteiger partial charge is 0.394 e. The van der Waals surface area contributed by atoms with Crippen molar-refractivity contribution in [1.29, 1.82) is 0 Å². The van der Waals surface area contributed by atoms with Crippen LogP contribution in [0.3, 0.4) is 0 Å². The minimum atomic E-state index is -1.34. The summed E-state index contributed by atoms with van der Waals surface area (Å²) in [4.78, 5) is 10.6. The number of aryl methyl sites for hydroxylation is 1. The highest BCUT2D eigenvalue weighted by molar-refractivity contribution is 6.28. The molecule has 0 aliphatic carbocycles. The molecule has 0 saturated carbocycles. The van der Waals surface area contributed by atoms with Crippen LogP contribution < -0.4 is 15.5 Å². The number of anilines is 3. The summed E-state index contributed by atoms with van der Waals surface area (Å²) >= 11 is 6.24. The highest BCUT2D eigenvalue weighted by Gasteiger charge is 2.44. The van der Waals surface area contributed by atoms with Gasteiger partial charge in [-0.15, -0.1) is 0 Å². The normalized spacial score (nSPS) is 23.0. The second-order valence-electron chi connectivity index (χ2n) is 8.36. The number of aromatic nitrogens is 2. The molecule has 9 nitrogen and oxygen atoms in total. The van der Waals surface area contributed by atoms with E-state index in [1.807, 2.05) is 17.0 Å². The van der Waals surface area contributed by atoms with E-state index in [4.69, 9.17) is 21.1 Å². The van der Waals surface area contributed by atoms with E-state index in [1.165, 1.54) is 5.56 Å². The molecule has 3 atom stereocenters. The number of rotatable bonds is 7. The number of fused-ring (bicyclic) bond motifs is 1. The molecule has 3 heterocycles. The Hall–Kier alpha value is -2.17. The molecule has 1 aromatic heterocycles. The standard InChI is InChI=1S/C21H28ClN5O4/c1-12-5-4-6-13(7-12)9-23-17-16-18(26-20(22)25-17)27(11-24-16)19-15(31-21(2,3)29)8-14(10-28)30-19/h4-7,14-15,19,24,28-29H,8-11H2,1-3H3,(H,23,25,26)/t14?,15-,19?/m1/s1. The first-order valence-corrected chi connectivity index (χ1v) is 10.7. The Bertz CT molecular complexity index is 938. The number of benzene rings is 1. The number of aliphatic hydroxyl groups excluding tert-OH is 1. The molecule has 4 rings (SSSR count). The van der Waals surface area contributed by atoms with Crippen molar-refractivity contribution in [3.05, 3.63) is 40.7 Å². The number of nitrogens with one attached hydrogen (secondary N) is 2. The molecule has 0 amide bonds. The molecule has 4 N–H and O–H groups in total. The van der Waals surface area contributed by atoms with Gasteiger partial charge in [0.2, 0.25) is 5.28 Å². The summed E-state index contributed by atoms with van der Waals surface area (Å²) < 4.78 is 11.8. The fraction of sp³-hybridized carbons (Fsp3) is 0.524. The fourth-order valence-electron chi connectivity index (χ4n) is 3.96. The maximum Gasteiger partial charge on any atom is 0.226 e. The monoisotopic (exact) mass is 449 g/mol. The zero-order valence-electron chi connectivity index (χ0n) is 17.8. The molecular formula is C21H28ClN5O4. The number of ether oxygens (including phenoxy) is 2. The Morgan fingerprint density at radius 3 is 2.90 bits per heavy atom. The number of hydrogen-bond acceptors (Lipinski definition) is 9. The van der Waals surface area contributed by atoms with E-state index in [0.29, 0.717) is 31.3 Å². The van der Waals surface area contributed by atoms with Gasteiger partial charge < -0.3 is 35.2 Å². The topological polar surface area (TPSA) is 112 Å². The molecule has 0 radical (unpaired) electrons. The molecule has 168 valence electrons. The van der Waals surface area contributed by atoms with Gasteiger partial charge in [0, 0.05) is 13.0 Å². The Labute approximate surface area is 186 Å². The molecule has 2 unspecified atom stereocenters. The van der Waals surface area contributed by atoms with Crippen molar-refractivity contribution in [3.63, 3.8) is 0 Å². The van der Waals surface area contributed by atoms with Crippen LogP contribution in [0, 0.1) is 6.92 Å². The third-order valence-corrected chi connectivity index (χ3v) is 5.37. The average molecular weight is 450 g/mol. The Balaban J connectivity index is 1.57. The van der Waals surface area contributed by atoms with Gasteiger partial charge in [0.25, 0.3) is 0 Å². The molecule has 2 aliphatic heterocycles. The molecule has 0 spiro atoms. The summed E-state index contributed by atoms with van der Waals surface area (Å²) in [6.07, 6.45) is -0.943. The molecule has 10 heteroatoms. The smallest absolute Gasteiger partial charge is 0.226 e. The quantitative estimate of drug-likeness (QED) is 0.374. The van der Waals surface area contributed by atoms with Crippen LogP contribution in [0.5, 0.6) is 0 Å². The first-order valence-electron chi connectivity index (χ1n) is 10.3. The van der Waals surface area contributed by atoms with Gasteiger partial charge in [0.1, 0.15) is 11.8 Å². The minimum Gasteiger partial charge on any atom is -0.394 e. The van der Waals surface area contributed by atoms with E-state index in [2.05, 4.69) is 39.7 Å². The lowest BCUT2D eigenvalue weighted by atomic mass is 10.1. The minimum absolute atomic E-state index is 0.107. The molecule has 31 heavy (non-hydrogen) atoms. The van der Waals surface area contributed by atoms with E-state index in [-0.39, 0.29) is 11.9 Å². The lowest BCUT2D eigenvalue weighted by molar-refractivity contribution is -0.214. The summed E-state index contributed by atoms with van der Waals surface area (Å²) in [5.74, 6) is -0.161. The predicted molar refractivity (Wildman–Crippen MR) is 118 cm³/mol. The van der Waals surface area contributed by atoms with Gasteiger partial charge in [0.05, 0.1) is 19.4 Å². The average Bonchev–Trinajstić information content (AvgIpc) is 3.28. The molecule has 0 bridgehead atoms. The highest BCUT2D eigenvalue weighted by atomic mass is 35.5. The van der Waals surface area contributed by atoms with Crippen molar-refractivity contribution >= 4 is 28.9 Å². The predicted octanol–water partition coefficient (Wildman–Crippen LogP) is 2.46. The van der Waals surface area contributed by atoms with Crippen molar-refractivity contribution in [3.8, 4) is 0 Å². The van der Waals surface area contributed by atoms with Crippen molar-refractivity contribution in [1.82, 2.24) is 9.97 Å². The van der Waals surface area contributed by atoms with Crippen LogP contribution in [0.2, 0.25) is 5.28 Å². The van der Waals surface area contributed by atoms with Gasteiger partial charge in [-0.1, -0.05) is 29.8 Å². The van der Waals surface area contributed by atoms with E-state index in [9.17, 15) is 10.2 Å². The molecule has 2 aromatic rings. The first-order chi connectivity index (χ1) is 14.7. The summed E-state index contributed by atoms with van der Waals surface area (Å²) in [6.45, 7) is 6.04. The second kappa shape index (κ2) is 8.76. The van der Waals surface area contributed by atoms with Crippen molar-refractivity contribution < 1.29 is 19.7 Å². The third kappa shape index (κ3) is 5.02. The van der Waals surface area contributed by atoms with Crippen molar-refractivity contribution in [2.75, 3.05) is 28.8 Å². The Morgan fingerprint density at radius 2 is 2.19 bits per heavy atom. The van der Waals surface area contributed by atoms with Gasteiger partial charge in [-0.05, 0) is 37.9 Å². The Morgan fingerprint density at radius 1 is 1.39 bits per heavy atom. The van der Waals surface area contributed by atoms with Gasteiger partial charge in [-0.2, -0.15) is 9.97 Å². The number of nitrogens with zero attached hydrogens (tertiary/aromatic N) is 3. The Kier molecular flexibility index (Phi) is 6.23. The fourth-order valence-corrected chi connectivity index (χ4v) is 4.13. The van der Waals surface area contributed by atoms with Crippen LogP contribution in [-0.4, -0.2) is 57.7 Å². The lowest BCUT2D eigenvalue weighted by Crippen LogP contribution is -2.46. The maximum atomic E-state index is 10.1. The van der Waals surface area contributed by atoms with E-state index in [0.717, 1.165) is 11.3 Å². The third-order valence-electron chi connectivity index (χ3n) is 5.20. The van der Waals surface area contributed by atoms with Crippen LogP contribution in [0.15, 0.2) is 24.3 Å². The summed E-state index contributed by atoms with van der Waals surface area (Å²) in [6, 6.07) is 8.22. The highest BCUT2D eigenvalue weighted by Crippen LogP contribution is 2.40. The van der Waals surface area contributed by atoms with Gasteiger partial charge >= 0.3 is 0 Å². The lowest BCUT2D eigenvalue weighted by Gasteiger charge is -2.32. The molecule has 2 aliphatic rings. The SMILES string of the molecule is Cc1cccc(CNc2nc(Cl)nc3c2NCN3C2OC(CO)C[C@H]2OC(C)(C)O)c1. The van der Waals surface area contributed by atoms with Crippen LogP contribution >= 0.6 is 11.6 Å². The molecule has 1 fully saturated rings. The van der Waals surface area contributed by atoms with Crippen LogP contribution in [0.1, 0.15) is 31.4 Å². The molecule has 1 aromatic carbocycles. The van der Waals surface area contributed by atoms with Crippen molar-refractivity contribution in [2.45, 2.75) is 58.0 Å². The molecular weight excluding hydrogens is 422 g/mol. The van der Waals surface area contributed by atoms with E-state index in [1.54, 1.807) is 13.8 Å². The maximum absolute atomic E-state index is 10.1. The summed E-state index contributed by atoms with van der Waals surface area (Å²) in [5, 5.41) is 26.5. The number of aliphatic hydroxyl groups is 2. The van der Waals surface area contributed by atoms with Gasteiger partial charge in [-0.25, -0.2) is 0 Å². The zero-order chi connectivity index (χ0) is 22.2. The molecule has 1 saturated heterocycles. The number of halogens is 1. The zero-order valence-corrected chi connectivity index (χ0v) is 18.6. The summed E-state index contributed by atoms with van der Waals surface area (Å²) in [5.41, 5.74) is 3.03. The van der Waals surface area contributed by atoms with Gasteiger partial charge in [0.15, 0.2) is 23.7 Å². The van der Waals surface area contributed by atoms with Crippen molar-refractivity contribution in [2.24, 2.45) is 0 Å².